The summed E-state index contributed by atoms with van der Waals surface area (Å²) in [5.41, 5.74) is 12.0. The molecule has 1 aromatic heterocycles. The van der Waals surface area contributed by atoms with Crippen molar-refractivity contribution < 1.29 is 13.9 Å². The van der Waals surface area contributed by atoms with E-state index in [1.54, 1.807) is 24.3 Å². The zero-order valence-corrected chi connectivity index (χ0v) is 10.8. The lowest BCUT2D eigenvalue weighted by Gasteiger charge is -2.07. The minimum atomic E-state index is -0.706. The number of anilines is 2. The molecular formula is C13H13FN4O2. The van der Waals surface area contributed by atoms with Gasteiger partial charge in [0.1, 0.15) is 0 Å². The van der Waals surface area contributed by atoms with Crippen molar-refractivity contribution in [2.45, 2.75) is 6.42 Å². The van der Waals surface area contributed by atoms with E-state index >= 15 is 0 Å². The molecule has 0 radical (unpaired) electrons. The van der Waals surface area contributed by atoms with E-state index in [1.165, 1.54) is 7.11 Å². The van der Waals surface area contributed by atoms with Crippen LogP contribution in [-0.2, 0) is 11.2 Å². The zero-order chi connectivity index (χ0) is 14.7. The number of nitrogens with two attached hydrogens (primary N) is 2. The maximum Gasteiger partial charge on any atom is 0.337 e. The van der Waals surface area contributed by atoms with E-state index in [0.717, 1.165) is 0 Å². The first-order valence-electron chi connectivity index (χ1n) is 5.76. The molecule has 2 rings (SSSR count). The molecule has 4 N–H and O–H groups in total. The standard InChI is InChI=1S/C13H13FN4O2/c1-20-12(19)8-4-2-3-7(5-8)6-9-10(14)11(15)18-13(16)17-9/h2-5H,6H2,1H3,(H4,15,16,17,18). The average molecular weight is 276 g/mol. The van der Waals surface area contributed by atoms with Crippen molar-refractivity contribution in [3.8, 4) is 0 Å². The topological polar surface area (TPSA) is 104 Å². The molecule has 1 heterocycles. The Morgan fingerprint density at radius 3 is 2.80 bits per heavy atom. The smallest absolute Gasteiger partial charge is 0.337 e. The summed E-state index contributed by atoms with van der Waals surface area (Å²) in [4.78, 5) is 18.8. The molecule has 0 aliphatic carbocycles. The SMILES string of the molecule is COC(=O)c1cccc(Cc2nc(N)nc(N)c2F)c1. The summed E-state index contributed by atoms with van der Waals surface area (Å²) >= 11 is 0. The number of esters is 1. The molecule has 20 heavy (non-hydrogen) atoms. The van der Waals surface area contributed by atoms with E-state index in [9.17, 15) is 9.18 Å². The Kier molecular flexibility index (Phi) is 3.79. The number of carbonyl (C=O) groups excluding carboxylic acids is 1. The van der Waals surface area contributed by atoms with Gasteiger partial charge < -0.3 is 16.2 Å². The maximum absolute atomic E-state index is 13.8. The van der Waals surface area contributed by atoms with E-state index in [0.29, 0.717) is 11.1 Å². The number of nitrogens with zero attached hydrogens (tertiary/aromatic N) is 2. The van der Waals surface area contributed by atoms with Gasteiger partial charge in [-0.15, -0.1) is 0 Å². The van der Waals surface area contributed by atoms with Crippen LogP contribution in [0.15, 0.2) is 24.3 Å². The van der Waals surface area contributed by atoms with Crippen molar-refractivity contribution in [1.29, 1.82) is 0 Å². The zero-order valence-electron chi connectivity index (χ0n) is 10.8. The Hall–Kier alpha value is -2.70. The van der Waals surface area contributed by atoms with Crippen LogP contribution in [0.4, 0.5) is 16.2 Å². The van der Waals surface area contributed by atoms with Gasteiger partial charge in [0.15, 0.2) is 11.6 Å². The third-order valence-corrected chi connectivity index (χ3v) is 2.68. The van der Waals surface area contributed by atoms with Crippen LogP contribution in [-0.4, -0.2) is 23.0 Å². The number of methoxy groups -OCH3 is 1. The summed E-state index contributed by atoms with van der Waals surface area (Å²) in [7, 11) is 1.29. The first kappa shape index (κ1) is 13.7. The van der Waals surface area contributed by atoms with E-state index in [-0.39, 0.29) is 23.9 Å². The van der Waals surface area contributed by atoms with Gasteiger partial charge >= 0.3 is 5.97 Å². The summed E-state index contributed by atoms with van der Waals surface area (Å²) in [5, 5.41) is 0. The molecule has 0 spiro atoms. The maximum atomic E-state index is 13.8. The van der Waals surface area contributed by atoms with E-state index in [1.807, 2.05) is 0 Å². The molecular weight excluding hydrogens is 263 g/mol. The summed E-state index contributed by atoms with van der Waals surface area (Å²) in [5.74, 6) is -1.56. The second-order valence-electron chi connectivity index (χ2n) is 4.10. The fourth-order valence-corrected chi connectivity index (χ4v) is 1.77. The molecule has 1 aromatic carbocycles. The highest BCUT2D eigenvalue weighted by Crippen LogP contribution is 2.17. The highest BCUT2D eigenvalue weighted by molar-refractivity contribution is 5.89. The summed E-state index contributed by atoms with van der Waals surface area (Å²) in [6.45, 7) is 0. The predicted octanol–water partition coefficient (Wildman–Crippen LogP) is 1.16. The Morgan fingerprint density at radius 1 is 1.35 bits per heavy atom. The molecule has 0 saturated carbocycles. The first-order valence-corrected chi connectivity index (χ1v) is 5.76. The first-order chi connectivity index (χ1) is 9.51. The normalized spacial score (nSPS) is 10.3. The fourth-order valence-electron chi connectivity index (χ4n) is 1.77. The van der Waals surface area contributed by atoms with E-state index in [2.05, 4.69) is 14.7 Å². The van der Waals surface area contributed by atoms with Gasteiger partial charge in [0.25, 0.3) is 0 Å². The van der Waals surface area contributed by atoms with Crippen molar-refractivity contribution in [2.75, 3.05) is 18.6 Å². The van der Waals surface area contributed by atoms with Gasteiger partial charge in [-0.2, -0.15) is 4.98 Å². The van der Waals surface area contributed by atoms with Crippen LogP contribution in [0.3, 0.4) is 0 Å². The Labute approximate surface area is 114 Å². The van der Waals surface area contributed by atoms with Crippen molar-refractivity contribution in [2.24, 2.45) is 0 Å². The Morgan fingerprint density at radius 2 is 2.10 bits per heavy atom. The van der Waals surface area contributed by atoms with Crippen LogP contribution >= 0.6 is 0 Å². The molecule has 0 amide bonds. The Balaban J connectivity index is 2.33. The highest BCUT2D eigenvalue weighted by atomic mass is 19.1. The number of hydrogen-bond donors (Lipinski definition) is 2. The lowest BCUT2D eigenvalue weighted by atomic mass is 10.1. The van der Waals surface area contributed by atoms with Crippen LogP contribution in [0.25, 0.3) is 0 Å². The number of benzene rings is 1. The lowest BCUT2D eigenvalue weighted by Crippen LogP contribution is -2.08. The minimum absolute atomic E-state index is 0.0806. The van der Waals surface area contributed by atoms with Gasteiger partial charge in [0.2, 0.25) is 5.95 Å². The molecule has 0 saturated heterocycles. The number of carbonyl (C=O) groups is 1. The minimum Gasteiger partial charge on any atom is -0.465 e. The molecule has 0 unspecified atom stereocenters. The summed E-state index contributed by atoms with van der Waals surface area (Å²) in [6.07, 6.45) is 0.146. The van der Waals surface area contributed by atoms with Gasteiger partial charge in [-0.05, 0) is 17.7 Å². The molecule has 6 nitrogen and oxygen atoms in total. The molecule has 104 valence electrons. The number of aromatic nitrogens is 2. The molecule has 0 atom stereocenters. The predicted molar refractivity (Wildman–Crippen MR) is 71.4 cm³/mol. The highest BCUT2D eigenvalue weighted by Gasteiger charge is 2.13. The Bertz CT molecular complexity index is 661. The van der Waals surface area contributed by atoms with Gasteiger partial charge in [0, 0.05) is 6.42 Å². The molecule has 7 heteroatoms. The van der Waals surface area contributed by atoms with Crippen molar-refractivity contribution in [3.63, 3.8) is 0 Å². The number of ether oxygens (including phenoxy) is 1. The molecule has 0 fully saturated rings. The van der Waals surface area contributed by atoms with E-state index in [4.69, 9.17) is 11.5 Å². The summed E-state index contributed by atoms with van der Waals surface area (Å²) < 4.78 is 18.4. The van der Waals surface area contributed by atoms with Crippen molar-refractivity contribution >= 4 is 17.7 Å². The number of nitrogen functional groups attached to an aromatic ring is 2. The van der Waals surface area contributed by atoms with E-state index < -0.39 is 11.8 Å². The second-order valence-corrected chi connectivity index (χ2v) is 4.10. The fraction of sp³-hybridized carbons (Fsp3) is 0.154. The second kappa shape index (κ2) is 5.52. The van der Waals surface area contributed by atoms with Crippen molar-refractivity contribution in [3.05, 3.63) is 46.9 Å². The molecule has 2 aromatic rings. The molecule has 0 aliphatic heterocycles. The average Bonchev–Trinajstić information content (AvgIpc) is 2.43. The van der Waals surface area contributed by atoms with Crippen LogP contribution < -0.4 is 11.5 Å². The quantitative estimate of drug-likeness (QED) is 0.815. The lowest BCUT2D eigenvalue weighted by molar-refractivity contribution is 0.0600. The largest absolute Gasteiger partial charge is 0.465 e. The number of halogens is 1. The van der Waals surface area contributed by atoms with Crippen molar-refractivity contribution in [1.82, 2.24) is 9.97 Å². The monoisotopic (exact) mass is 276 g/mol. The third-order valence-electron chi connectivity index (χ3n) is 2.68. The van der Waals surface area contributed by atoms with Gasteiger partial charge in [-0.25, -0.2) is 14.2 Å². The summed E-state index contributed by atoms with van der Waals surface area (Å²) in [6, 6.07) is 6.61. The van der Waals surface area contributed by atoms with Crippen LogP contribution in [0, 0.1) is 5.82 Å². The van der Waals surface area contributed by atoms with Crippen LogP contribution in [0.5, 0.6) is 0 Å². The van der Waals surface area contributed by atoms with Gasteiger partial charge in [0.05, 0.1) is 18.4 Å². The molecule has 0 aliphatic rings. The third kappa shape index (κ3) is 2.82. The van der Waals surface area contributed by atoms with Crippen LogP contribution in [0.1, 0.15) is 21.6 Å². The van der Waals surface area contributed by atoms with Gasteiger partial charge in [-0.3, -0.25) is 0 Å². The number of hydrogen-bond acceptors (Lipinski definition) is 6. The van der Waals surface area contributed by atoms with Gasteiger partial charge in [-0.1, -0.05) is 12.1 Å². The van der Waals surface area contributed by atoms with Crippen LogP contribution in [0.2, 0.25) is 0 Å². The number of rotatable bonds is 3. The molecule has 0 bridgehead atoms.